The molecule has 0 aliphatic carbocycles. The maximum atomic E-state index is 13.3. The number of aryl methyl sites for hydroxylation is 2. The van der Waals surface area contributed by atoms with Gasteiger partial charge in [0.1, 0.15) is 4.90 Å². The lowest BCUT2D eigenvalue weighted by Crippen LogP contribution is -2.30. The van der Waals surface area contributed by atoms with Crippen molar-refractivity contribution in [1.82, 2.24) is 9.78 Å². The van der Waals surface area contributed by atoms with Crippen LogP contribution in [0.15, 0.2) is 23.1 Å². The number of carboxylic acid groups (broad SMARTS) is 1. The van der Waals surface area contributed by atoms with Gasteiger partial charge >= 0.3 is 5.97 Å². The van der Waals surface area contributed by atoms with Crippen LogP contribution >= 0.6 is 0 Å². The molecule has 0 amide bonds. The molecule has 0 spiro atoms. The number of hydrogen-bond donors (Lipinski definition) is 1. The van der Waals surface area contributed by atoms with E-state index in [4.69, 9.17) is 5.11 Å². The summed E-state index contributed by atoms with van der Waals surface area (Å²) in [7, 11) is -1.99. The smallest absolute Gasteiger partial charge is 0.335 e. The van der Waals surface area contributed by atoms with Gasteiger partial charge in [-0.25, -0.2) is 13.2 Å². The summed E-state index contributed by atoms with van der Waals surface area (Å²) < 4.78 is 29.7. The number of anilines is 1. The van der Waals surface area contributed by atoms with Gasteiger partial charge in [-0.2, -0.15) is 5.10 Å². The third-order valence-electron chi connectivity index (χ3n) is 4.58. The Morgan fingerprint density at radius 2 is 2.00 bits per heavy atom. The SMILES string of the molecule is CCc1nn(C)c(CC)c1S(=O)(=O)N1CCc2cc(C(=O)O)ccc21. The minimum Gasteiger partial charge on any atom is -0.478 e. The number of aromatic nitrogens is 2. The van der Waals surface area contributed by atoms with E-state index in [0.717, 1.165) is 5.56 Å². The van der Waals surface area contributed by atoms with Crippen molar-refractivity contribution in [3.05, 3.63) is 40.7 Å². The number of fused-ring (bicyclic) bond motifs is 1. The second kappa shape index (κ2) is 6.18. The van der Waals surface area contributed by atoms with Crippen molar-refractivity contribution < 1.29 is 18.3 Å². The van der Waals surface area contributed by atoms with E-state index in [9.17, 15) is 13.2 Å². The Labute approximate surface area is 146 Å². The molecule has 0 atom stereocenters. The molecule has 1 aromatic heterocycles. The van der Waals surface area contributed by atoms with Gasteiger partial charge < -0.3 is 5.11 Å². The van der Waals surface area contributed by atoms with Crippen molar-refractivity contribution >= 4 is 21.7 Å². The number of nitrogens with zero attached hydrogens (tertiary/aromatic N) is 3. The minimum atomic E-state index is -3.75. The highest BCUT2D eigenvalue weighted by Crippen LogP contribution is 2.35. The lowest BCUT2D eigenvalue weighted by molar-refractivity contribution is 0.0697. The zero-order valence-electron chi connectivity index (χ0n) is 14.5. The molecule has 7 nitrogen and oxygen atoms in total. The maximum Gasteiger partial charge on any atom is 0.335 e. The Balaban J connectivity index is 2.12. The molecule has 0 saturated carbocycles. The third-order valence-corrected chi connectivity index (χ3v) is 6.53. The Hall–Kier alpha value is -2.35. The fourth-order valence-corrected chi connectivity index (χ4v) is 5.43. The number of aromatic carboxylic acids is 1. The second-order valence-electron chi connectivity index (χ2n) is 6.03. The molecule has 1 aromatic carbocycles. The first-order valence-corrected chi connectivity index (χ1v) is 9.68. The van der Waals surface area contributed by atoms with Crippen LogP contribution in [0.25, 0.3) is 0 Å². The van der Waals surface area contributed by atoms with Gasteiger partial charge in [-0.3, -0.25) is 8.99 Å². The van der Waals surface area contributed by atoms with Gasteiger partial charge in [-0.05, 0) is 43.0 Å². The van der Waals surface area contributed by atoms with Crippen molar-refractivity contribution in [1.29, 1.82) is 0 Å². The molecule has 0 radical (unpaired) electrons. The van der Waals surface area contributed by atoms with Crippen molar-refractivity contribution in [2.45, 2.75) is 38.0 Å². The standard InChI is InChI=1S/C17H21N3O4S/c1-4-13-16(14(5-2)19(3)18-13)25(23,24)20-9-8-11-10-12(17(21)22)6-7-15(11)20/h6-7,10H,4-5,8-9H2,1-3H3,(H,21,22). The largest absolute Gasteiger partial charge is 0.478 e. The number of carbonyl (C=O) groups is 1. The van der Waals surface area contributed by atoms with Gasteiger partial charge in [0.2, 0.25) is 0 Å². The first kappa shape index (κ1) is 17.5. The van der Waals surface area contributed by atoms with Crippen LogP contribution in [0.4, 0.5) is 5.69 Å². The molecule has 1 N–H and O–H groups in total. The van der Waals surface area contributed by atoms with Crippen LogP contribution in [0.1, 0.15) is 41.2 Å². The highest BCUT2D eigenvalue weighted by atomic mass is 32.2. The van der Waals surface area contributed by atoms with E-state index in [1.165, 1.54) is 10.4 Å². The molecule has 0 unspecified atom stereocenters. The molecule has 1 aliphatic heterocycles. The molecular formula is C17H21N3O4S. The van der Waals surface area contributed by atoms with Crippen LogP contribution in [-0.4, -0.2) is 35.8 Å². The lowest BCUT2D eigenvalue weighted by Gasteiger charge is -2.20. The number of sulfonamides is 1. The maximum absolute atomic E-state index is 13.3. The predicted octanol–water partition coefficient (Wildman–Crippen LogP) is 1.99. The Morgan fingerprint density at radius 3 is 2.60 bits per heavy atom. The highest BCUT2D eigenvalue weighted by molar-refractivity contribution is 7.93. The van der Waals surface area contributed by atoms with Crippen LogP contribution in [0.3, 0.4) is 0 Å². The molecule has 134 valence electrons. The van der Waals surface area contributed by atoms with E-state index in [1.807, 2.05) is 13.8 Å². The number of carboxylic acids is 1. The van der Waals surface area contributed by atoms with Crippen LogP contribution in [0.2, 0.25) is 0 Å². The third kappa shape index (κ3) is 2.70. The summed E-state index contributed by atoms with van der Waals surface area (Å²) in [5.74, 6) is -1.02. The monoisotopic (exact) mass is 363 g/mol. The topological polar surface area (TPSA) is 92.5 Å². The van der Waals surface area contributed by atoms with Crippen molar-refractivity contribution in [2.75, 3.05) is 10.8 Å². The van der Waals surface area contributed by atoms with Gasteiger partial charge in [0, 0.05) is 13.6 Å². The second-order valence-corrected chi connectivity index (χ2v) is 7.83. The molecule has 8 heteroatoms. The van der Waals surface area contributed by atoms with Crippen LogP contribution in [-0.2, 0) is 36.3 Å². The summed E-state index contributed by atoms with van der Waals surface area (Å²) in [5.41, 5.74) is 2.71. The number of rotatable bonds is 5. The summed E-state index contributed by atoms with van der Waals surface area (Å²) in [4.78, 5) is 11.4. The van der Waals surface area contributed by atoms with Crippen LogP contribution in [0, 0.1) is 0 Å². The summed E-state index contributed by atoms with van der Waals surface area (Å²) in [6.45, 7) is 4.10. The number of hydrogen-bond acceptors (Lipinski definition) is 4. The molecule has 1 aliphatic rings. The normalized spacial score (nSPS) is 14.0. The molecule has 3 rings (SSSR count). The van der Waals surface area contributed by atoms with Crippen LogP contribution in [0.5, 0.6) is 0 Å². The van der Waals surface area contributed by atoms with Crippen molar-refractivity contribution in [3.63, 3.8) is 0 Å². The molecular weight excluding hydrogens is 342 g/mol. The number of benzene rings is 1. The van der Waals surface area contributed by atoms with Crippen molar-refractivity contribution in [2.24, 2.45) is 7.05 Å². The average Bonchev–Trinajstić information content (AvgIpc) is 3.14. The Morgan fingerprint density at radius 1 is 1.28 bits per heavy atom. The van der Waals surface area contributed by atoms with Crippen LogP contribution < -0.4 is 4.31 Å². The van der Waals surface area contributed by atoms with E-state index in [-0.39, 0.29) is 10.5 Å². The molecule has 0 bridgehead atoms. The predicted molar refractivity (Wildman–Crippen MR) is 93.6 cm³/mol. The summed E-state index contributed by atoms with van der Waals surface area (Å²) in [6.07, 6.45) is 1.59. The van der Waals surface area contributed by atoms with E-state index < -0.39 is 16.0 Å². The van der Waals surface area contributed by atoms with Gasteiger partial charge in [0.05, 0.1) is 22.6 Å². The van der Waals surface area contributed by atoms with Gasteiger partial charge in [0.25, 0.3) is 10.0 Å². The fraction of sp³-hybridized carbons (Fsp3) is 0.412. The molecule has 2 aromatic rings. The van der Waals surface area contributed by atoms with Gasteiger partial charge in [-0.15, -0.1) is 0 Å². The quantitative estimate of drug-likeness (QED) is 0.877. The molecule has 2 heterocycles. The van der Waals surface area contributed by atoms with E-state index in [1.54, 1.807) is 23.9 Å². The van der Waals surface area contributed by atoms with Crippen molar-refractivity contribution in [3.8, 4) is 0 Å². The van der Waals surface area contributed by atoms with E-state index >= 15 is 0 Å². The summed E-state index contributed by atoms with van der Waals surface area (Å²) in [5, 5.41) is 13.5. The fourth-order valence-electron chi connectivity index (χ4n) is 3.38. The summed E-state index contributed by atoms with van der Waals surface area (Å²) >= 11 is 0. The minimum absolute atomic E-state index is 0.169. The zero-order valence-corrected chi connectivity index (χ0v) is 15.3. The Bertz CT molecular complexity index is 947. The van der Waals surface area contributed by atoms with Gasteiger partial charge in [0.15, 0.2) is 0 Å². The average molecular weight is 363 g/mol. The van der Waals surface area contributed by atoms with E-state index in [0.29, 0.717) is 42.9 Å². The Kier molecular flexibility index (Phi) is 4.32. The zero-order chi connectivity index (χ0) is 18.4. The first-order valence-electron chi connectivity index (χ1n) is 8.24. The first-order chi connectivity index (χ1) is 11.8. The lowest BCUT2D eigenvalue weighted by atomic mass is 10.1. The molecule has 0 saturated heterocycles. The molecule has 25 heavy (non-hydrogen) atoms. The summed E-state index contributed by atoms with van der Waals surface area (Å²) in [6, 6.07) is 4.58. The van der Waals surface area contributed by atoms with Gasteiger partial charge in [-0.1, -0.05) is 13.8 Å². The van der Waals surface area contributed by atoms with E-state index in [2.05, 4.69) is 5.10 Å². The molecule has 0 fully saturated rings. The highest BCUT2D eigenvalue weighted by Gasteiger charge is 2.36.